The molecule has 1 N–H and O–H groups in total. The molecule has 0 spiro atoms. The van der Waals surface area contributed by atoms with Gasteiger partial charge in [0.1, 0.15) is 0 Å². The van der Waals surface area contributed by atoms with Gasteiger partial charge in [-0.25, -0.2) is 0 Å². The number of nitrogens with zero attached hydrogens (tertiary/aromatic N) is 1. The molecule has 106 valence electrons. The summed E-state index contributed by atoms with van der Waals surface area (Å²) < 4.78 is 43.3. The van der Waals surface area contributed by atoms with E-state index in [1.807, 2.05) is 0 Å². The van der Waals surface area contributed by atoms with Crippen LogP contribution in [0, 0.1) is 11.3 Å². The van der Waals surface area contributed by atoms with Crippen LogP contribution in [0.15, 0.2) is 18.2 Å². The first-order valence-electron chi connectivity index (χ1n) is 5.79. The third-order valence-electron chi connectivity index (χ3n) is 2.90. The molecule has 1 aromatic rings. The first kappa shape index (κ1) is 14.3. The van der Waals surface area contributed by atoms with Crippen molar-refractivity contribution in [3.8, 4) is 6.07 Å². The second kappa shape index (κ2) is 4.80. The van der Waals surface area contributed by atoms with E-state index in [1.165, 1.54) is 12.1 Å². The number of amides is 1. The van der Waals surface area contributed by atoms with Crippen molar-refractivity contribution in [1.82, 2.24) is 0 Å². The van der Waals surface area contributed by atoms with Gasteiger partial charge in [0.25, 0.3) is 0 Å². The molecular formula is C13H11F3N2O2. The van der Waals surface area contributed by atoms with E-state index in [2.05, 4.69) is 5.32 Å². The molecule has 1 fully saturated rings. The number of hydrogen-bond acceptors (Lipinski definition) is 3. The molecule has 0 aliphatic carbocycles. The second-order valence-corrected chi connectivity index (χ2v) is 4.83. The minimum atomic E-state index is -4.64. The van der Waals surface area contributed by atoms with Gasteiger partial charge in [0.05, 0.1) is 35.8 Å². The van der Waals surface area contributed by atoms with E-state index in [-0.39, 0.29) is 12.1 Å². The molecule has 0 unspecified atom stereocenters. The number of halogens is 3. The number of nitrogens with one attached hydrogen (secondary N) is 1. The average Bonchev–Trinajstić information content (AvgIpc) is 3.05. The van der Waals surface area contributed by atoms with E-state index in [4.69, 9.17) is 10.00 Å². The van der Waals surface area contributed by atoms with Gasteiger partial charge in [-0.2, -0.15) is 18.4 Å². The number of benzene rings is 1. The largest absolute Gasteiger partial charge is 0.417 e. The molecule has 1 heterocycles. The van der Waals surface area contributed by atoms with Gasteiger partial charge in [-0.1, -0.05) is 0 Å². The first-order chi connectivity index (χ1) is 9.23. The monoisotopic (exact) mass is 284 g/mol. The van der Waals surface area contributed by atoms with Gasteiger partial charge in [0.15, 0.2) is 0 Å². The zero-order chi connectivity index (χ0) is 15.0. The van der Waals surface area contributed by atoms with E-state index in [9.17, 15) is 18.0 Å². The van der Waals surface area contributed by atoms with Crippen molar-refractivity contribution in [2.24, 2.45) is 0 Å². The van der Waals surface area contributed by atoms with Crippen LogP contribution in [0.4, 0.5) is 18.9 Å². The molecule has 0 bridgehead atoms. The number of hydrogen-bond donors (Lipinski definition) is 1. The van der Waals surface area contributed by atoms with Gasteiger partial charge in [0.2, 0.25) is 5.91 Å². The molecule has 1 atom stereocenters. The molecule has 0 aromatic heterocycles. The summed E-state index contributed by atoms with van der Waals surface area (Å²) in [5.41, 5.74) is -2.05. The Kier molecular flexibility index (Phi) is 3.44. The van der Waals surface area contributed by atoms with Crippen LogP contribution in [0.5, 0.6) is 0 Å². The zero-order valence-corrected chi connectivity index (χ0v) is 10.5. The molecule has 4 nitrogen and oxygen atoms in total. The summed E-state index contributed by atoms with van der Waals surface area (Å²) in [5.74, 6) is -0.428. The summed E-state index contributed by atoms with van der Waals surface area (Å²) >= 11 is 0. The molecule has 1 aliphatic rings. The Hall–Kier alpha value is -2.07. The number of ether oxygens (including phenoxy) is 1. The van der Waals surface area contributed by atoms with Crippen molar-refractivity contribution in [3.63, 3.8) is 0 Å². The lowest BCUT2D eigenvalue weighted by atomic mass is 10.1. The number of carbonyl (C=O) groups excluding carboxylic acids is 1. The molecule has 2 rings (SSSR count). The summed E-state index contributed by atoms with van der Waals surface area (Å²) in [6, 6.07) is 4.54. The molecule has 1 amide bonds. The Bertz CT molecular complexity index is 586. The highest BCUT2D eigenvalue weighted by molar-refractivity contribution is 5.91. The van der Waals surface area contributed by atoms with Gasteiger partial charge in [-0.05, 0) is 25.1 Å². The lowest BCUT2D eigenvalue weighted by Crippen LogP contribution is -2.20. The highest BCUT2D eigenvalue weighted by atomic mass is 19.4. The zero-order valence-electron chi connectivity index (χ0n) is 10.5. The van der Waals surface area contributed by atoms with E-state index < -0.39 is 28.8 Å². The molecule has 20 heavy (non-hydrogen) atoms. The van der Waals surface area contributed by atoms with Crippen LogP contribution in [0.1, 0.15) is 24.5 Å². The predicted octanol–water partition coefficient (Wildman–Crippen LogP) is 2.69. The van der Waals surface area contributed by atoms with Crippen molar-refractivity contribution in [1.29, 1.82) is 5.26 Å². The maximum absolute atomic E-state index is 12.8. The highest BCUT2D eigenvalue weighted by Crippen LogP contribution is 2.34. The van der Waals surface area contributed by atoms with Crippen molar-refractivity contribution in [2.75, 3.05) is 11.9 Å². The van der Waals surface area contributed by atoms with E-state index in [0.717, 1.165) is 12.1 Å². The number of rotatable bonds is 3. The van der Waals surface area contributed by atoms with Crippen LogP contribution >= 0.6 is 0 Å². The van der Waals surface area contributed by atoms with Crippen molar-refractivity contribution in [2.45, 2.75) is 25.1 Å². The summed E-state index contributed by atoms with van der Waals surface area (Å²) in [5, 5.41) is 11.0. The van der Waals surface area contributed by atoms with E-state index in [1.54, 1.807) is 6.92 Å². The molecular weight excluding hydrogens is 273 g/mol. The summed E-state index contributed by atoms with van der Waals surface area (Å²) in [4.78, 5) is 11.6. The standard InChI is InChI=1S/C13H11F3N2O2/c1-12(7-20-12)5-11(19)18-9-3-2-8(6-17)10(4-9)13(14,15)16/h2-4H,5,7H2,1H3,(H,18,19)/t12-/m1/s1. The summed E-state index contributed by atoms with van der Waals surface area (Å²) in [6.45, 7) is 2.20. The van der Waals surface area contributed by atoms with Gasteiger partial charge in [-0.3, -0.25) is 4.79 Å². The first-order valence-corrected chi connectivity index (χ1v) is 5.79. The minimum Gasteiger partial charge on any atom is -0.369 e. The number of nitriles is 1. The number of anilines is 1. The number of carbonyl (C=O) groups is 1. The fourth-order valence-corrected chi connectivity index (χ4v) is 1.72. The smallest absolute Gasteiger partial charge is 0.369 e. The predicted molar refractivity (Wildman–Crippen MR) is 63.8 cm³/mol. The quantitative estimate of drug-likeness (QED) is 0.868. The highest BCUT2D eigenvalue weighted by Gasteiger charge is 2.41. The fourth-order valence-electron chi connectivity index (χ4n) is 1.72. The Morgan fingerprint density at radius 3 is 2.70 bits per heavy atom. The molecule has 0 radical (unpaired) electrons. The topological polar surface area (TPSA) is 65.4 Å². The molecule has 1 aliphatic heterocycles. The lowest BCUT2D eigenvalue weighted by Gasteiger charge is -2.12. The van der Waals surface area contributed by atoms with Gasteiger partial charge >= 0.3 is 6.18 Å². The third-order valence-corrected chi connectivity index (χ3v) is 2.90. The van der Waals surface area contributed by atoms with Crippen molar-refractivity contribution >= 4 is 11.6 Å². The van der Waals surface area contributed by atoms with Crippen LogP contribution < -0.4 is 5.32 Å². The summed E-state index contributed by atoms with van der Waals surface area (Å²) in [7, 11) is 0. The van der Waals surface area contributed by atoms with Crippen molar-refractivity contribution < 1.29 is 22.7 Å². The normalized spacial score (nSPS) is 21.1. The SMILES string of the molecule is C[C@@]1(CC(=O)Nc2ccc(C#N)c(C(F)(F)F)c2)CO1. The fraction of sp³-hybridized carbons (Fsp3) is 0.385. The molecule has 1 aromatic carbocycles. The van der Waals surface area contributed by atoms with Crippen LogP contribution in [0.3, 0.4) is 0 Å². The second-order valence-electron chi connectivity index (χ2n) is 4.83. The van der Waals surface area contributed by atoms with E-state index >= 15 is 0 Å². The van der Waals surface area contributed by atoms with Crippen LogP contribution in [-0.2, 0) is 15.7 Å². The Morgan fingerprint density at radius 2 is 2.20 bits per heavy atom. The third kappa shape index (κ3) is 3.27. The number of alkyl halides is 3. The minimum absolute atomic E-state index is 0.00516. The number of epoxide rings is 1. The van der Waals surface area contributed by atoms with Crippen LogP contribution in [0.25, 0.3) is 0 Å². The Balaban J connectivity index is 2.17. The lowest BCUT2D eigenvalue weighted by molar-refractivity contribution is -0.137. The van der Waals surface area contributed by atoms with Crippen LogP contribution in [-0.4, -0.2) is 18.1 Å². The van der Waals surface area contributed by atoms with Gasteiger partial charge in [0, 0.05) is 5.69 Å². The maximum atomic E-state index is 12.8. The maximum Gasteiger partial charge on any atom is 0.417 e. The van der Waals surface area contributed by atoms with Gasteiger partial charge in [-0.15, -0.1) is 0 Å². The Labute approximate surface area is 113 Å². The van der Waals surface area contributed by atoms with Crippen molar-refractivity contribution in [3.05, 3.63) is 29.3 Å². The van der Waals surface area contributed by atoms with Gasteiger partial charge < -0.3 is 10.1 Å². The summed E-state index contributed by atoms with van der Waals surface area (Å²) in [6.07, 6.45) is -4.56. The molecule has 0 saturated carbocycles. The van der Waals surface area contributed by atoms with Crippen LogP contribution in [0.2, 0.25) is 0 Å². The van der Waals surface area contributed by atoms with E-state index in [0.29, 0.717) is 6.61 Å². The molecule has 1 saturated heterocycles. The average molecular weight is 284 g/mol. The Morgan fingerprint density at radius 1 is 1.55 bits per heavy atom. The molecule has 7 heteroatoms.